The van der Waals surface area contributed by atoms with E-state index >= 15 is 0 Å². The van der Waals surface area contributed by atoms with E-state index in [4.69, 9.17) is 16.3 Å². The zero-order valence-electron chi connectivity index (χ0n) is 17.7. The number of hydrogen-bond acceptors (Lipinski definition) is 2. The number of benzene rings is 3. The number of halogens is 1. The molecule has 3 aromatic carbocycles. The van der Waals surface area contributed by atoms with Gasteiger partial charge in [-0.1, -0.05) is 84.1 Å². The van der Waals surface area contributed by atoms with Gasteiger partial charge in [-0.25, -0.2) is 0 Å². The summed E-state index contributed by atoms with van der Waals surface area (Å²) in [6, 6.07) is 28.9. The molecule has 0 saturated carbocycles. The summed E-state index contributed by atoms with van der Waals surface area (Å²) in [6.45, 7) is 2.62. The van der Waals surface area contributed by atoms with Crippen LogP contribution in [0.1, 0.15) is 42.1 Å². The summed E-state index contributed by atoms with van der Waals surface area (Å²) in [6.07, 6.45) is 3.49. The molecule has 0 N–H and O–H groups in total. The topological polar surface area (TPSA) is 12.5 Å². The second-order valence-electron chi connectivity index (χ2n) is 7.90. The molecule has 1 fully saturated rings. The summed E-state index contributed by atoms with van der Waals surface area (Å²) >= 11 is 6.10. The van der Waals surface area contributed by atoms with Crippen molar-refractivity contribution >= 4 is 11.6 Å². The molecule has 0 aromatic heterocycles. The van der Waals surface area contributed by atoms with Crippen molar-refractivity contribution in [2.24, 2.45) is 0 Å². The van der Waals surface area contributed by atoms with Gasteiger partial charge < -0.3 is 4.74 Å². The summed E-state index contributed by atoms with van der Waals surface area (Å²) < 4.78 is 6.44. The average molecular weight is 430 g/mol. The van der Waals surface area contributed by atoms with Crippen molar-refractivity contribution in [2.45, 2.75) is 31.4 Å². The standard InChI is InChI=1S/C28H28ClNO/c29-26-17-15-25(16-18-26)28(24-11-5-2-6-12-24)31-22-21-30-20-8-7-13-27(30)19-14-23-9-3-1-4-10-23/h1-6,9-12,15-18,27-28H,7-8,13,20-22H2. The molecule has 1 aliphatic rings. The van der Waals surface area contributed by atoms with Gasteiger partial charge in [0.1, 0.15) is 6.10 Å². The SMILES string of the molecule is Clc1ccc(C(OCCN2CCCCC2C#Cc2ccccc2)c2ccccc2)cc1. The van der Waals surface area contributed by atoms with Gasteiger partial charge in [-0.05, 0) is 61.2 Å². The molecule has 2 nitrogen and oxygen atoms in total. The van der Waals surface area contributed by atoms with Gasteiger partial charge in [0, 0.05) is 17.1 Å². The molecule has 3 heteroatoms. The first-order valence-corrected chi connectivity index (χ1v) is 11.4. The Hall–Kier alpha value is -2.57. The third-order valence-electron chi connectivity index (χ3n) is 5.71. The largest absolute Gasteiger partial charge is 0.367 e. The lowest BCUT2D eigenvalue weighted by atomic mass is 10.0. The van der Waals surface area contributed by atoms with Crippen molar-refractivity contribution in [3.05, 3.63) is 107 Å². The third kappa shape index (κ3) is 6.21. The van der Waals surface area contributed by atoms with E-state index in [0.717, 1.165) is 41.2 Å². The van der Waals surface area contributed by atoms with Crippen LogP contribution in [0.3, 0.4) is 0 Å². The van der Waals surface area contributed by atoms with Crippen LogP contribution in [-0.4, -0.2) is 30.6 Å². The van der Waals surface area contributed by atoms with Crippen LogP contribution in [-0.2, 0) is 4.74 Å². The van der Waals surface area contributed by atoms with Crippen LogP contribution in [0.4, 0.5) is 0 Å². The Kier molecular flexibility index (Phi) is 7.80. The molecular formula is C28H28ClNO. The maximum Gasteiger partial charge on any atom is 0.108 e. The average Bonchev–Trinajstić information content (AvgIpc) is 2.83. The Morgan fingerprint density at radius 3 is 2.29 bits per heavy atom. The molecular weight excluding hydrogens is 402 g/mol. The molecule has 2 atom stereocenters. The lowest BCUT2D eigenvalue weighted by Crippen LogP contribution is -2.40. The monoisotopic (exact) mass is 429 g/mol. The van der Waals surface area contributed by atoms with Gasteiger partial charge in [-0.15, -0.1) is 0 Å². The van der Waals surface area contributed by atoms with Crippen molar-refractivity contribution in [1.82, 2.24) is 4.90 Å². The number of likely N-dealkylation sites (tertiary alicyclic amines) is 1. The van der Waals surface area contributed by atoms with Crippen molar-refractivity contribution < 1.29 is 4.74 Å². The zero-order chi connectivity index (χ0) is 21.3. The van der Waals surface area contributed by atoms with Crippen LogP contribution in [0.2, 0.25) is 5.02 Å². The molecule has 1 heterocycles. The Labute approximate surface area is 190 Å². The van der Waals surface area contributed by atoms with Crippen molar-refractivity contribution in [3.8, 4) is 11.8 Å². The fourth-order valence-electron chi connectivity index (χ4n) is 4.05. The number of piperidine rings is 1. The fraction of sp³-hybridized carbons (Fsp3) is 0.286. The van der Waals surface area contributed by atoms with E-state index in [9.17, 15) is 0 Å². The van der Waals surface area contributed by atoms with Gasteiger partial charge in [-0.2, -0.15) is 0 Å². The van der Waals surface area contributed by atoms with Gasteiger partial charge in [-0.3, -0.25) is 4.90 Å². The van der Waals surface area contributed by atoms with Gasteiger partial charge >= 0.3 is 0 Å². The van der Waals surface area contributed by atoms with Gasteiger partial charge in [0.2, 0.25) is 0 Å². The third-order valence-corrected chi connectivity index (χ3v) is 5.96. The molecule has 158 valence electrons. The van der Waals surface area contributed by atoms with E-state index in [1.165, 1.54) is 12.8 Å². The van der Waals surface area contributed by atoms with E-state index in [1.54, 1.807) is 0 Å². The quantitative estimate of drug-likeness (QED) is 0.423. The molecule has 0 radical (unpaired) electrons. The Morgan fingerprint density at radius 2 is 1.55 bits per heavy atom. The predicted molar refractivity (Wildman–Crippen MR) is 128 cm³/mol. The number of hydrogen-bond donors (Lipinski definition) is 0. The first-order valence-electron chi connectivity index (χ1n) is 11.0. The minimum atomic E-state index is -0.0999. The van der Waals surface area contributed by atoms with Gasteiger partial charge in [0.25, 0.3) is 0 Å². The molecule has 1 saturated heterocycles. The summed E-state index contributed by atoms with van der Waals surface area (Å²) in [5, 5.41) is 0.740. The Balaban J connectivity index is 1.42. The van der Waals surface area contributed by atoms with Crippen LogP contribution in [0, 0.1) is 11.8 Å². The molecule has 31 heavy (non-hydrogen) atoms. The molecule has 0 spiro atoms. The molecule has 1 aliphatic heterocycles. The smallest absolute Gasteiger partial charge is 0.108 e. The van der Waals surface area contributed by atoms with Gasteiger partial charge in [0.05, 0.1) is 12.6 Å². The second-order valence-corrected chi connectivity index (χ2v) is 8.33. The predicted octanol–water partition coefficient (Wildman–Crippen LogP) is 6.35. The van der Waals surface area contributed by atoms with E-state index in [0.29, 0.717) is 12.6 Å². The van der Waals surface area contributed by atoms with Crippen LogP contribution in [0.25, 0.3) is 0 Å². The second kappa shape index (κ2) is 11.2. The minimum absolute atomic E-state index is 0.0999. The molecule has 0 aliphatic carbocycles. The van der Waals surface area contributed by atoms with Crippen LogP contribution in [0.5, 0.6) is 0 Å². The highest BCUT2D eigenvalue weighted by molar-refractivity contribution is 6.30. The van der Waals surface area contributed by atoms with Crippen molar-refractivity contribution in [2.75, 3.05) is 19.7 Å². The Morgan fingerprint density at radius 1 is 0.871 bits per heavy atom. The zero-order valence-corrected chi connectivity index (χ0v) is 18.5. The molecule has 2 unspecified atom stereocenters. The summed E-state index contributed by atoms with van der Waals surface area (Å²) in [5.41, 5.74) is 3.36. The van der Waals surface area contributed by atoms with Crippen molar-refractivity contribution in [3.63, 3.8) is 0 Å². The molecule has 0 bridgehead atoms. The normalized spacial score (nSPS) is 17.5. The van der Waals surface area contributed by atoms with E-state index in [-0.39, 0.29) is 6.10 Å². The number of rotatable bonds is 6. The van der Waals surface area contributed by atoms with Gasteiger partial charge in [0.15, 0.2) is 0 Å². The maximum absolute atomic E-state index is 6.44. The number of ether oxygens (including phenoxy) is 1. The number of nitrogens with zero attached hydrogens (tertiary/aromatic N) is 1. The Bertz CT molecular complexity index is 992. The lowest BCUT2D eigenvalue weighted by Gasteiger charge is -2.33. The molecule has 4 rings (SSSR count). The van der Waals surface area contributed by atoms with Crippen LogP contribution in [0.15, 0.2) is 84.9 Å². The van der Waals surface area contributed by atoms with E-state index < -0.39 is 0 Å². The summed E-state index contributed by atoms with van der Waals surface area (Å²) in [7, 11) is 0. The highest BCUT2D eigenvalue weighted by Gasteiger charge is 2.21. The van der Waals surface area contributed by atoms with E-state index in [2.05, 4.69) is 65.3 Å². The first-order chi connectivity index (χ1) is 15.3. The lowest BCUT2D eigenvalue weighted by molar-refractivity contribution is 0.0487. The van der Waals surface area contributed by atoms with Crippen molar-refractivity contribution in [1.29, 1.82) is 0 Å². The first kappa shape index (κ1) is 21.7. The van der Waals surface area contributed by atoms with E-state index in [1.807, 2.05) is 36.4 Å². The highest BCUT2D eigenvalue weighted by atomic mass is 35.5. The summed E-state index contributed by atoms with van der Waals surface area (Å²) in [5.74, 6) is 6.86. The maximum atomic E-state index is 6.44. The summed E-state index contributed by atoms with van der Waals surface area (Å²) in [4.78, 5) is 2.48. The highest BCUT2D eigenvalue weighted by Crippen LogP contribution is 2.27. The molecule has 0 amide bonds. The molecule has 3 aromatic rings. The van der Waals surface area contributed by atoms with Crippen LogP contribution >= 0.6 is 11.6 Å². The fourth-order valence-corrected chi connectivity index (χ4v) is 4.17. The minimum Gasteiger partial charge on any atom is -0.367 e. The van der Waals surface area contributed by atoms with Crippen LogP contribution < -0.4 is 0 Å².